The highest BCUT2D eigenvalue weighted by atomic mass is 32.1. The first-order chi connectivity index (χ1) is 9.74. The number of thiazole rings is 1. The molecule has 0 aliphatic carbocycles. The number of alkyl halides is 3. The number of carboxylic acids is 1. The van der Waals surface area contributed by atoms with E-state index in [1.165, 1.54) is 12.0 Å². The standard InChI is InChI=1S/C9H12N2O2S.C2HF3O2/c1-13-9(12)4-8-11-6-2-3-10-5-7(6)14-8;3-2(4,5)1(6)7/h10H,2-5H2,1H3;(H,6,7). The number of aliphatic carboxylic acids is 1. The number of hydrogen-bond acceptors (Lipinski definition) is 6. The molecule has 2 N–H and O–H groups in total. The zero-order valence-electron chi connectivity index (χ0n) is 11.0. The number of carbonyl (C=O) groups excluding carboxylic acids is 1. The summed E-state index contributed by atoms with van der Waals surface area (Å²) >= 11 is 1.60. The minimum absolute atomic E-state index is 0.218. The van der Waals surface area contributed by atoms with E-state index in [1.807, 2.05) is 0 Å². The lowest BCUT2D eigenvalue weighted by Gasteiger charge is -2.09. The Morgan fingerprint density at radius 3 is 2.57 bits per heavy atom. The fourth-order valence-electron chi connectivity index (χ4n) is 1.45. The molecule has 1 aromatic rings. The predicted molar refractivity (Wildman–Crippen MR) is 66.9 cm³/mol. The number of hydrogen-bond donors (Lipinski definition) is 2. The Morgan fingerprint density at radius 1 is 1.48 bits per heavy atom. The Balaban J connectivity index is 0.000000270. The van der Waals surface area contributed by atoms with Gasteiger partial charge in [-0.2, -0.15) is 13.2 Å². The molecule has 0 atom stereocenters. The molecule has 0 saturated carbocycles. The van der Waals surface area contributed by atoms with Gasteiger partial charge in [0.05, 0.1) is 19.2 Å². The van der Waals surface area contributed by atoms with Gasteiger partial charge in [0.15, 0.2) is 0 Å². The largest absolute Gasteiger partial charge is 0.490 e. The summed E-state index contributed by atoms with van der Waals surface area (Å²) in [5, 5.41) is 11.3. The Morgan fingerprint density at radius 2 is 2.10 bits per heavy atom. The summed E-state index contributed by atoms with van der Waals surface area (Å²) in [5.74, 6) is -2.98. The number of halogens is 3. The van der Waals surface area contributed by atoms with Crippen molar-refractivity contribution in [1.29, 1.82) is 0 Å². The van der Waals surface area contributed by atoms with Crippen LogP contribution < -0.4 is 5.32 Å². The molecule has 0 radical (unpaired) electrons. The van der Waals surface area contributed by atoms with Crippen LogP contribution in [0.1, 0.15) is 15.6 Å². The molecule has 0 spiro atoms. The molecule has 1 aromatic heterocycles. The summed E-state index contributed by atoms with van der Waals surface area (Å²) in [5.41, 5.74) is 1.15. The van der Waals surface area contributed by atoms with Gasteiger partial charge in [-0.05, 0) is 0 Å². The molecule has 0 aromatic carbocycles. The van der Waals surface area contributed by atoms with E-state index in [4.69, 9.17) is 9.90 Å². The number of aromatic nitrogens is 1. The number of fused-ring (bicyclic) bond motifs is 1. The van der Waals surface area contributed by atoms with Gasteiger partial charge in [0.25, 0.3) is 0 Å². The monoisotopic (exact) mass is 326 g/mol. The van der Waals surface area contributed by atoms with Gasteiger partial charge in [-0.1, -0.05) is 0 Å². The third-order valence-corrected chi connectivity index (χ3v) is 3.51. The van der Waals surface area contributed by atoms with Crippen molar-refractivity contribution >= 4 is 23.3 Å². The van der Waals surface area contributed by atoms with Gasteiger partial charge >= 0.3 is 18.1 Å². The maximum atomic E-state index is 11.0. The maximum absolute atomic E-state index is 11.0. The second kappa shape index (κ2) is 7.36. The third-order valence-electron chi connectivity index (χ3n) is 2.41. The van der Waals surface area contributed by atoms with Crippen molar-refractivity contribution in [2.45, 2.75) is 25.6 Å². The lowest BCUT2D eigenvalue weighted by atomic mass is 10.2. The Hall–Kier alpha value is -1.68. The van der Waals surface area contributed by atoms with Crippen LogP contribution in [0.25, 0.3) is 0 Å². The van der Waals surface area contributed by atoms with E-state index in [2.05, 4.69) is 15.0 Å². The Kier molecular flexibility index (Phi) is 6.09. The molecule has 0 bridgehead atoms. The van der Waals surface area contributed by atoms with Gasteiger partial charge in [-0.25, -0.2) is 9.78 Å². The number of ether oxygens (including phenoxy) is 1. The highest BCUT2D eigenvalue weighted by molar-refractivity contribution is 7.11. The zero-order chi connectivity index (χ0) is 16.0. The maximum Gasteiger partial charge on any atom is 0.490 e. The normalized spacial score (nSPS) is 13.7. The van der Waals surface area contributed by atoms with Crippen molar-refractivity contribution in [2.75, 3.05) is 13.7 Å². The van der Waals surface area contributed by atoms with Gasteiger partial charge in [-0.15, -0.1) is 11.3 Å². The van der Waals surface area contributed by atoms with Crippen LogP contribution in [0.5, 0.6) is 0 Å². The van der Waals surface area contributed by atoms with Crippen LogP contribution in [0.3, 0.4) is 0 Å². The van der Waals surface area contributed by atoms with Gasteiger partial charge in [0, 0.05) is 24.4 Å². The molecule has 1 aliphatic rings. The Labute approximate surface area is 121 Å². The van der Waals surface area contributed by atoms with E-state index in [-0.39, 0.29) is 5.97 Å². The molecule has 118 valence electrons. The minimum atomic E-state index is -5.08. The zero-order valence-corrected chi connectivity index (χ0v) is 11.8. The summed E-state index contributed by atoms with van der Waals surface area (Å²) in [7, 11) is 1.40. The molecular weight excluding hydrogens is 313 g/mol. The fourth-order valence-corrected chi connectivity index (χ4v) is 2.52. The van der Waals surface area contributed by atoms with Crippen molar-refractivity contribution in [2.24, 2.45) is 0 Å². The molecule has 0 saturated heterocycles. The van der Waals surface area contributed by atoms with Gasteiger partial charge < -0.3 is 15.2 Å². The molecular formula is C11H13F3N2O4S. The molecule has 1 aliphatic heterocycles. The second-order valence-corrected chi connectivity index (χ2v) is 5.13. The van der Waals surface area contributed by atoms with E-state index in [1.54, 1.807) is 11.3 Å². The number of methoxy groups -OCH3 is 1. The van der Waals surface area contributed by atoms with Crippen LogP contribution in [0.2, 0.25) is 0 Å². The van der Waals surface area contributed by atoms with E-state index in [0.29, 0.717) is 6.42 Å². The average Bonchev–Trinajstić information content (AvgIpc) is 2.80. The highest BCUT2D eigenvalue weighted by Gasteiger charge is 2.38. The molecule has 0 amide bonds. The summed E-state index contributed by atoms with van der Waals surface area (Å²) in [6.45, 7) is 1.86. The number of nitrogens with zero attached hydrogens (tertiary/aromatic N) is 1. The van der Waals surface area contributed by atoms with Gasteiger partial charge in [0.2, 0.25) is 0 Å². The summed E-state index contributed by atoms with van der Waals surface area (Å²) in [6, 6.07) is 0. The van der Waals surface area contributed by atoms with Crippen LogP contribution in [0.4, 0.5) is 13.2 Å². The van der Waals surface area contributed by atoms with Crippen molar-refractivity contribution in [3.63, 3.8) is 0 Å². The molecule has 21 heavy (non-hydrogen) atoms. The summed E-state index contributed by atoms with van der Waals surface area (Å²) < 4.78 is 36.3. The lowest BCUT2D eigenvalue weighted by molar-refractivity contribution is -0.192. The first-order valence-corrected chi connectivity index (χ1v) is 6.60. The number of carboxylic acid groups (broad SMARTS) is 1. The van der Waals surface area contributed by atoms with Crippen molar-refractivity contribution in [3.8, 4) is 0 Å². The van der Waals surface area contributed by atoms with Crippen LogP contribution in [0.15, 0.2) is 0 Å². The summed E-state index contributed by atoms with van der Waals surface area (Å²) in [6.07, 6.45) is -3.82. The molecule has 0 fully saturated rings. The first-order valence-electron chi connectivity index (χ1n) is 5.79. The lowest BCUT2D eigenvalue weighted by Crippen LogP contribution is -2.22. The van der Waals surface area contributed by atoms with Crippen molar-refractivity contribution < 1.29 is 32.6 Å². The molecule has 2 heterocycles. The van der Waals surface area contributed by atoms with Crippen LogP contribution in [-0.2, 0) is 33.7 Å². The quantitative estimate of drug-likeness (QED) is 0.792. The number of esters is 1. The first kappa shape index (κ1) is 17.4. The predicted octanol–water partition coefficient (Wildman–Crippen LogP) is 1.14. The van der Waals surface area contributed by atoms with Crippen LogP contribution in [0, 0.1) is 0 Å². The number of carbonyl (C=O) groups is 2. The highest BCUT2D eigenvalue weighted by Crippen LogP contribution is 2.21. The van der Waals surface area contributed by atoms with E-state index < -0.39 is 12.1 Å². The number of nitrogens with one attached hydrogen (secondary N) is 1. The number of rotatable bonds is 2. The third kappa shape index (κ3) is 5.68. The van der Waals surface area contributed by atoms with Gasteiger partial charge in [-0.3, -0.25) is 4.79 Å². The second-order valence-electron chi connectivity index (χ2n) is 3.96. The fraction of sp³-hybridized carbons (Fsp3) is 0.545. The molecule has 2 rings (SSSR count). The smallest absolute Gasteiger partial charge is 0.475 e. The van der Waals surface area contributed by atoms with Crippen molar-refractivity contribution in [3.05, 3.63) is 15.6 Å². The van der Waals surface area contributed by atoms with Crippen LogP contribution >= 0.6 is 11.3 Å². The average molecular weight is 326 g/mol. The molecule has 6 nitrogen and oxygen atoms in total. The van der Waals surface area contributed by atoms with Crippen molar-refractivity contribution in [1.82, 2.24) is 10.3 Å². The minimum Gasteiger partial charge on any atom is -0.475 e. The van der Waals surface area contributed by atoms with Crippen LogP contribution in [-0.4, -0.2) is 41.9 Å². The molecule has 0 unspecified atom stereocenters. The van der Waals surface area contributed by atoms with Gasteiger partial charge in [0.1, 0.15) is 5.01 Å². The molecule has 10 heteroatoms. The van der Waals surface area contributed by atoms with E-state index in [0.717, 1.165) is 30.2 Å². The topological polar surface area (TPSA) is 88.5 Å². The van der Waals surface area contributed by atoms with E-state index >= 15 is 0 Å². The summed E-state index contributed by atoms with van der Waals surface area (Å²) in [4.78, 5) is 25.6. The Bertz CT molecular complexity index is 493. The SMILES string of the molecule is COC(=O)Cc1nc2c(s1)CNCC2.O=C(O)C(F)(F)F. The van der Waals surface area contributed by atoms with E-state index in [9.17, 15) is 18.0 Å².